The van der Waals surface area contributed by atoms with Crippen LogP contribution in [0.2, 0.25) is 0 Å². The molecule has 2 aromatic carbocycles. The van der Waals surface area contributed by atoms with Gasteiger partial charge in [0.15, 0.2) is 6.61 Å². The maximum Gasteiger partial charge on any atom is 0.338 e. The third-order valence-electron chi connectivity index (χ3n) is 4.65. The molecule has 0 aliphatic carbocycles. The number of anilines is 1. The molecule has 1 atom stereocenters. The second-order valence-electron chi connectivity index (χ2n) is 6.84. The number of hydrogen-bond acceptors (Lipinski definition) is 5. The summed E-state index contributed by atoms with van der Waals surface area (Å²) in [5, 5.41) is 0. The Morgan fingerprint density at radius 3 is 2.57 bits per heavy atom. The molecule has 8 heteroatoms. The number of rotatable bonds is 5. The van der Waals surface area contributed by atoms with Gasteiger partial charge in [0.25, 0.3) is 5.91 Å². The van der Waals surface area contributed by atoms with Crippen LogP contribution in [0.15, 0.2) is 53.4 Å². The normalized spacial score (nSPS) is 16.1. The number of amides is 1. The smallest absolute Gasteiger partial charge is 0.338 e. The van der Waals surface area contributed by atoms with Gasteiger partial charge in [0.2, 0.25) is 10.0 Å². The number of hydrogen-bond donors (Lipinski definition) is 0. The molecule has 1 amide bonds. The fourth-order valence-corrected chi connectivity index (χ4v) is 4.17. The van der Waals surface area contributed by atoms with Gasteiger partial charge in [-0.15, -0.1) is 0 Å². The van der Waals surface area contributed by atoms with Crippen LogP contribution >= 0.6 is 0 Å². The Labute approximate surface area is 164 Å². The first-order chi connectivity index (χ1) is 13.2. The first-order valence-corrected chi connectivity index (χ1v) is 10.3. The third kappa shape index (κ3) is 3.79. The molecule has 148 valence electrons. The molecule has 0 fully saturated rings. The van der Waals surface area contributed by atoms with Crippen molar-refractivity contribution in [3.05, 3.63) is 59.7 Å². The monoisotopic (exact) mass is 402 g/mol. The summed E-state index contributed by atoms with van der Waals surface area (Å²) in [6.45, 7) is 1.53. The third-order valence-corrected chi connectivity index (χ3v) is 6.46. The molecule has 0 spiro atoms. The molecule has 0 bridgehead atoms. The number of carbonyl (C=O) groups excluding carboxylic acids is 2. The molecule has 0 saturated carbocycles. The van der Waals surface area contributed by atoms with Crippen LogP contribution in [-0.4, -0.2) is 51.3 Å². The molecule has 1 aliphatic heterocycles. The number of fused-ring (bicyclic) bond motifs is 1. The van der Waals surface area contributed by atoms with Crippen molar-refractivity contribution in [1.29, 1.82) is 0 Å². The fourth-order valence-electron chi connectivity index (χ4n) is 3.22. The Balaban J connectivity index is 1.71. The lowest BCUT2D eigenvalue weighted by Crippen LogP contribution is -2.38. The highest BCUT2D eigenvalue weighted by molar-refractivity contribution is 7.89. The summed E-state index contributed by atoms with van der Waals surface area (Å²) in [5.74, 6) is -1.06. The van der Waals surface area contributed by atoms with Crippen LogP contribution in [0.5, 0.6) is 0 Å². The van der Waals surface area contributed by atoms with Crippen LogP contribution in [0.4, 0.5) is 5.69 Å². The molecular weight excluding hydrogens is 380 g/mol. The van der Waals surface area contributed by atoms with Crippen molar-refractivity contribution in [1.82, 2.24) is 4.31 Å². The van der Waals surface area contributed by atoms with Gasteiger partial charge in [0.1, 0.15) is 0 Å². The van der Waals surface area contributed by atoms with Crippen LogP contribution in [0.3, 0.4) is 0 Å². The molecule has 0 saturated heterocycles. The van der Waals surface area contributed by atoms with Crippen molar-refractivity contribution in [3.8, 4) is 0 Å². The number of benzene rings is 2. The fraction of sp³-hybridized carbons (Fsp3) is 0.300. The van der Waals surface area contributed by atoms with E-state index in [0.29, 0.717) is 0 Å². The molecule has 3 rings (SSSR count). The van der Waals surface area contributed by atoms with E-state index < -0.39 is 22.6 Å². The summed E-state index contributed by atoms with van der Waals surface area (Å²) in [4.78, 5) is 26.6. The average molecular weight is 402 g/mol. The van der Waals surface area contributed by atoms with Crippen LogP contribution in [-0.2, 0) is 26.0 Å². The van der Waals surface area contributed by atoms with Gasteiger partial charge in [-0.25, -0.2) is 17.5 Å². The van der Waals surface area contributed by atoms with Crippen molar-refractivity contribution >= 4 is 27.6 Å². The zero-order valence-electron chi connectivity index (χ0n) is 16.0. The van der Waals surface area contributed by atoms with E-state index in [4.69, 9.17) is 4.74 Å². The van der Waals surface area contributed by atoms with E-state index in [-0.39, 0.29) is 22.4 Å². The van der Waals surface area contributed by atoms with Gasteiger partial charge >= 0.3 is 5.97 Å². The molecule has 0 N–H and O–H groups in total. The summed E-state index contributed by atoms with van der Waals surface area (Å²) in [7, 11) is -0.846. The van der Waals surface area contributed by atoms with Crippen molar-refractivity contribution in [2.75, 3.05) is 25.6 Å². The summed E-state index contributed by atoms with van der Waals surface area (Å²) >= 11 is 0. The SMILES string of the molecule is CC1Cc2ccccc2N1C(=O)COC(=O)c1cccc(S(=O)(=O)N(C)C)c1. The van der Waals surface area contributed by atoms with E-state index in [2.05, 4.69) is 0 Å². The van der Waals surface area contributed by atoms with Crippen molar-refractivity contribution in [2.45, 2.75) is 24.3 Å². The van der Waals surface area contributed by atoms with E-state index in [1.165, 1.54) is 38.4 Å². The summed E-state index contributed by atoms with van der Waals surface area (Å²) in [6.07, 6.45) is 0.750. The predicted octanol–water partition coefficient (Wildman–Crippen LogP) is 2.07. The zero-order chi connectivity index (χ0) is 20.5. The Hall–Kier alpha value is -2.71. The van der Waals surface area contributed by atoms with E-state index in [0.717, 1.165) is 22.0 Å². The van der Waals surface area contributed by atoms with E-state index in [9.17, 15) is 18.0 Å². The highest BCUT2D eigenvalue weighted by Gasteiger charge is 2.31. The number of ether oxygens (including phenoxy) is 1. The summed E-state index contributed by atoms with van der Waals surface area (Å²) in [6, 6.07) is 13.2. The average Bonchev–Trinajstić information content (AvgIpc) is 3.01. The van der Waals surface area contributed by atoms with Gasteiger partial charge in [-0.2, -0.15) is 0 Å². The lowest BCUT2D eigenvalue weighted by Gasteiger charge is -2.22. The Morgan fingerprint density at radius 1 is 1.14 bits per heavy atom. The lowest BCUT2D eigenvalue weighted by molar-refractivity contribution is -0.122. The van der Waals surface area contributed by atoms with Crippen LogP contribution in [0.25, 0.3) is 0 Å². The van der Waals surface area contributed by atoms with E-state index in [1.54, 1.807) is 4.90 Å². The molecule has 28 heavy (non-hydrogen) atoms. The van der Waals surface area contributed by atoms with Gasteiger partial charge in [-0.3, -0.25) is 4.79 Å². The van der Waals surface area contributed by atoms with Crippen LogP contribution < -0.4 is 4.90 Å². The predicted molar refractivity (Wildman–Crippen MR) is 105 cm³/mol. The van der Waals surface area contributed by atoms with Gasteiger partial charge in [0.05, 0.1) is 10.5 Å². The van der Waals surface area contributed by atoms with Crippen LogP contribution in [0, 0.1) is 0 Å². The van der Waals surface area contributed by atoms with Gasteiger partial charge in [-0.1, -0.05) is 24.3 Å². The minimum absolute atomic E-state index is 0.0135. The summed E-state index contributed by atoms with van der Waals surface area (Å²) < 4.78 is 30.6. The minimum Gasteiger partial charge on any atom is -0.452 e. The zero-order valence-corrected chi connectivity index (χ0v) is 16.8. The quantitative estimate of drug-likeness (QED) is 0.715. The number of para-hydroxylation sites is 1. The maximum atomic E-state index is 12.6. The molecule has 7 nitrogen and oxygen atoms in total. The highest BCUT2D eigenvalue weighted by Crippen LogP contribution is 2.31. The first-order valence-electron chi connectivity index (χ1n) is 8.81. The van der Waals surface area contributed by atoms with Crippen molar-refractivity contribution in [2.24, 2.45) is 0 Å². The molecule has 1 unspecified atom stereocenters. The first kappa shape index (κ1) is 20.0. The number of carbonyl (C=O) groups is 2. The summed E-state index contributed by atoms with van der Waals surface area (Å²) in [5.41, 5.74) is 1.98. The maximum absolute atomic E-state index is 12.6. The second-order valence-corrected chi connectivity index (χ2v) is 8.99. The molecule has 1 aliphatic rings. The topological polar surface area (TPSA) is 84.0 Å². The molecule has 0 aromatic heterocycles. The molecular formula is C20H22N2O5S. The van der Waals surface area contributed by atoms with E-state index in [1.807, 2.05) is 31.2 Å². The largest absolute Gasteiger partial charge is 0.452 e. The lowest BCUT2D eigenvalue weighted by atomic mass is 10.1. The van der Waals surface area contributed by atoms with Crippen molar-refractivity contribution < 1.29 is 22.7 Å². The number of nitrogens with zero attached hydrogens (tertiary/aromatic N) is 2. The van der Waals surface area contributed by atoms with Crippen molar-refractivity contribution in [3.63, 3.8) is 0 Å². The van der Waals surface area contributed by atoms with Gasteiger partial charge < -0.3 is 9.64 Å². The van der Waals surface area contributed by atoms with Crippen LogP contribution in [0.1, 0.15) is 22.8 Å². The Morgan fingerprint density at radius 2 is 1.86 bits per heavy atom. The minimum atomic E-state index is -3.67. The Bertz CT molecular complexity index is 1020. The number of esters is 1. The highest BCUT2D eigenvalue weighted by atomic mass is 32.2. The second kappa shape index (κ2) is 7.73. The standard InChI is InChI=1S/C20H22N2O5S/c1-14-11-15-7-4-5-10-18(15)22(14)19(23)13-27-20(24)16-8-6-9-17(12-16)28(25,26)21(2)3/h4-10,12,14H,11,13H2,1-3H3. The molecule has 0 radical (unpaired) electrons. The number of sulfonamides is 1. The van der Waals surface area contributed by atoms with Gasteiger partial charge in [-0.05, 0) is 43.2 Å². The van der Waals surface area contributed by atoms with E-state index >= 15 is 0 Å². The molecule has 1 heterocycles. The Kier molecular flexibility index (Phi) is 5.53. The van der Waals surface area contributed by atoms with Gasteiger partial charge in [0, 0.05) is 25.8 Å². The molecule has 2 aromatic rings.